The Morgan fingerprint density at radius 3 is 2.40 bits per heavy atom. The predicted molar refractivity (Wildman–Crippen MR) is 66.8 cm³/mol. The van der Waals surface area contributed by atoms with E-state index in [2.05, 4.69) is 50.9 Å². The number of aryl methyl sites for hydroxylation is 2. The normalized spacial score (nSPS) is 10.1. The van der Waals surface area contributed by atoms with Crippen LogP contribution in [0.25, 0.3) is 0 Å². The first-order valence-corrected chi connectivity index (χ1v) is 5.62. The summed E-state index contributed by atoms with van der Waals surface area (Å²) in [7, 11) is 0. The highest BCUT2D eigenvalue weighted by Gasteiger charge is 2.01. The van der Waals surface area contributed by atoms with Crippen LogP contribution in [0.15, 0.2) is 30.5 Å². The minimum Gasteiger partial charge on any atom is -0.385 e. The van der Waals surface area contributed by atoms with Crippen LogP contribution in [0.1, 0.15) is 36.5 Å². The fraction of sp³-hybridized carbons (Fsp3) is 0.429. The second kappa shape index (κ2) is 5.59. The summed E-state index contributed by atoms with van der Waals surface area (Å²) in [6.07, 6.45) is 2.21. The monoisotopic (exact) mass is 203 g/mol. The molecule has 0 fully saturated rings. The van der Waals surface area contributed by atoms with Crippen molar-refractivity contribution in [3.05, 3.63) is 47.2 Å². The summed E-state index contributed by atoms with van der Waals surface area (Å²) in [6, 6.07) is 6.42. The van der Waals surface area contributed by atoms with E-state index in [0.717, 1.165) is 25.1 Å². The molecule has 1 heteroatoms. The fourth-order valence-corrected chi connectivity index (χ4v) is 1.73. The zero-order chi connectivity index (χ0) is 11.3. The SMILES string of the molecule is C=C(CCC)NCc1c(C)cccc1C. The molecule has 1 nitrogen and oxygen atoms in total. The van der Waals surface area contributed by atoms with Crippen LogP contribution < -0.4 is 5.32 Å². The van der Waals surface area contributed by atoms with Crippen LogP contribution in [0.2, 0.25) is 0 Å². The topological polar surface area (TPSA) is 12.0 Å². The molecule has 0 bridgehead atoms. The first kappa shape index (κ1) is 11.8. The van der Waals surface area contributed by atoms with Crippen molar-refractivity contribution in [2.24, 2.45) is 0 Å². The highest BCUT2D eigenvalue weighted by atomic mass is 14.9. The molecular formula is C14H21N. The van der Waals surface area contributed by atoms with Crippen molar-refractivity contribution < 1.29 is 0 Å². The lowest BCUT2D eigenvalue weighted by Gasteiger charge is -2.13. The Balaban J connectivity index is 2.61. The van der Waals surface area contributed by atoms with Crippen molar-refractivity contribution in [2.45, 2.75) is 40.2 Å². The zero-order valence-electron chi connectivity index (χ0n) is 10.1. The maximum absolute atomic E-state index is 4.01. The van der Waals surface area contributed by atoms with Crippen LogP contribution in [-0.4, -0.2) is 0 Å². The smallest absolute Gasteiger partial charge is 0.0402 e. The van der Waals surface area contributed by atoms with Gasteiger partial charge in [-0.25, -0.2) is 0 Å². The Kier molecular flexibility index (Phi) is 4.41. The molecule has 0 amide bonds. The summed E-state index contributed by atoms with van der Waals surface area (Å²) in [5, 5.41) is 3.39. The van der Waals surface area contributed by atoms with E-state index in [1.165, 1.54) is 16.7 Å². The van der Waals surface area contributed by atoms with E-state index in [1.807, 2.05) is 0 Å². The lowest BCUT2D eigenvalue weighted by atomic mass is 10.0. The van der Waals surface area contributed by atoms with Crippen molar-refractivity contribution in [3.8, 4) is 0 Å². The lowest BCUT2D eigenvalue weighted by Crippen LogP contribution is -2.13. The van der Waals surface area contributed by atoms with Crippen molar-refractivity contribution in [1.82, 2.24) is 5.32 Å². The molecule has 0 aliphatic heterocycles. The van der Waals surface area contributed by atoms with Gasteiger partial charge in [-0.05, 0) is 37.0 Å². The molecule has 0 aromatic heterocycles. The van der Waals surface area contributed by atoms with Gasteiger partial charge in [0.05, 0.1) is 0 Å². The van der Waals surface area contributed by atoms with E-state index >= 15 is 0 Å². The second-order valence-corrected chi connectivity index (χ2v) is 4.08. The molecule has 0 saturated carbocycles. The molecular weight excluding hydrogens is 182 g/mol. The fourth-order valence-electron chi connectivity index (χ4n) is 1.73. The van der Waals surface area contributed by atoms with Crippen LogP contribution in [0.5, 0.6) is 0 Å². The number of rotatable bonds is 5. The van der Waals surface area contributed by atoms with E-state index in [1.54, 1.807) is 0 Å². The number of benzene rings is 1. The minimum atomic E-state index is 0.900. The molecule has 0 spiro atoms. The van der Waals surface area contributed by atoms with Crippen LogP contribution >= 0.6 is 0 Å². The number of nitrogens with one attached hydrogen (secondary N) is 1. The van der Waals surface area contributed by atoms with Gasteiger partial charge in [-0.15, -0.1) is 0 Å². The molecule has 0 aliphatic rings. The van der Waals surface area contributed by atoms with Gasteiger partial charge in [0.15, 0.2) is 0 Å². The average Bonchev–Trinajstić information content (AvgIpc) is 2.17. The molecule has 0 saturated heterocycles. The van der Waals surface area contributed by atoms with Gasteiger partial charge in [0.25, 0.3) is 0 Å². The molecule has 0 atom stereocenters. The lowest BCUT2D eigenvalue weighted by molar-refractivity contribution is 0.735. The first-order valence-electron chi connectivity index (χ1n) is 5.62. The summed E-state index contributed by atoms with van der Waals surface area (Å²) in [5.74, 6) is 0. The molecule has 0 heterocycles. The highest BCUT2D eigenvalue weighted by Crippen LogP contribution is 2.13. The summed E-state index contributed by atoms with van der Waals surface area (Å²) >= 11 is 0. The third-order valence-electron chi connectivity index (χ3n) is 2.71. The third-order valence-corrected chi connectivity index (χ3v) is 2.71. The predicted octanol–water partition coefficient (Wildman–Crippen LogP) is 3.71. The second-order valence-electron chi connectivity index (χ2n) is 4.08. The van der Waals surface area contributed by atoms with Crippen molar-refractivity contribution in [1.29, 1.82) is 0 Å². The first-order chi connectivity index (χ1) is 7.15. The average molecular weight is 203 g/mol. The minimum absolute atomic E-state index is 0.900. The van der Waals surface area contributed by atoms with Gasteiger partial charge in [-0.3, -0.25) is 0 Å². The van der Waals surface area contributed by atoms with Crippen LogP contribution in [0, 0.1) is 13.8 Å². The number of hydrogen-bond donors (Lipinski definition) is 1. The van der Waals surface area contributed by atoms with Gasteiger partial charge in [-0.1, -0.05) is 38.1 Å². The third kappa shape index (κ3) is 3.43. The van der Waals surface area contributed by atoms with E-state index < -0.39 is 0 Å². The maximum atomic E-state index is 4.01. The summed E-state index contributed by atoms with van der Waals surface area (Å²) in [5.41, 5.74) is 5.24. The van der Waals surface area contributed by atoms with Crippen LogP contribution in [0.3, 0.4) is 0 Å². The zero-order valence-corrected chi connectivity index (χ0v) is 10.1. The van der Waals surface area contributed by atoms with Gasteiger partial charge < -0.3 is 5.32 Å². The van der Waals surface area contributed by atoms with Crippen molar-refractivity contribution in [3.63, 3.8) is 0 Å². The number of hydrogen-bond acceptors (Lipinski definition) is 1. The van der Waals surface area contributed by atoms with Gasteiger partial charge in [0.2, 0.25) is 0 Å². The Morgan fingerprint density at radius 1 is 1.27 bits per heavy atom. The summed E-state index contributed by atoms with van der Waals surface area (Å²) in [4.78, 5) is 0. The number of allylic oxidation sites excluding steroid dienone is 1. The van der Waals surface area contributed by atoms with E-state index in [9.17, 15) is 0 Å². The van der Waals surface area contributed by atoms with Gasteiger partial charge in [-0.2, -0.15) is 0 Å². The van der Waals surface area contributed by atoms with E-state index in [4.69, 9.17) is 0 Å². The van der Waals surface area contributed by atoms with Crippen LogP contribution in [0.4, 0.5) is 0 Å². The summed E-state index contributed by atoms with van der Waals surface area (Å²) < 4.78 is 0. The highest BCUT2D eigenvalue weighted by molar-refractivity contribution is 5.33. The van der Waals surface area contributed by atoms with Gasteiger partial charge in [0.1, 0.15) is 0 Å². The Bertz CT molecular complexity index is 319. The van der Waals surface area contributed by atoms with Gasteiger partial charge >= 0.3 is 0 Å². The summed E-state index contributed by atoms with van der Waals surface area (Å²) in [6.45, 7) is 11.4. The maximum Gasteiger partial charge on any atom is 0.0402 e. The molecule has 1 aromatic rings. The van der Waals surface area contributed by atoms with Crippen molar-refractivity contribution >= 4 is 0 Å². The largest absolute Gasteiger partial charge is 0.385 e. The molecule has 1 aromatic carbocycles. The van der Waals surface area contributed by atoms with E-state index in [-0.39, 0.29) is 0 Å². The Morgan fingerprint density at radius 2 is 1.87 bits per heavy atom. The quantitative estimate of drug-likeness (QED) is 0.769. The molecule has 1 N–H and O–H groups in total. The Hall–Kier alpha value is -1.24. The molecule has 1 rings (SSSR count). The van der Waals surface area contributed by atoms with E-state index in [0.29, 0.717) is 0 Å². The molecule has 82 valence electrons. The van der Waals surface area contributed by atoms with Crippen molar-refractivity contribution in [2.75, 3.05) is 0 Å². The molecule has 0 aliphatic carbocycles. The Labute approximate surface area is 93.2 Å². The molecule has 0 radical (unpaired) electrons. The van der Waals surface area contributed by atoms with Gasteiger partial charge in [0, 0.05) is 12.2 Å². The standard InChI is InChI=1S/C14H21N/c1-5-7-13(4)15-10-14-11(2)8-6-9-12(14)3/h6,8-9,15H,4-5,7,10H2,1-3H3. The molecule has 15 heavy (non-hydrogen) atoms. The van der Waals surface area contributed by atoms with Crippen LogP contribution in [-0.2, 0) is 6.54 Å². The molecule has 0 unspecified atom stereocenters.